The maximum Gasteiger partial charge on any atom is 0.435 e. The van der Waals surface area contributed by atoms with Gasteiger partial charge >= 0.3 is 18.4 Å². The second-order valence-corrected chi connectivity index (χ2v) is 22.1. The molecule has 68 heavy (non-hydrogen) atoms. The number of hydrogen-bond donors (Lipinski definition) is 2. The average molecular weight is 1030 g/mol. The standard InChI is InChI=1S/C40H42ClF10N9O6S2/c1-19(41)30(27-16-28(55-59(27)18-38(44,45)46)60(68(6,65)66)36(62)57(4)10-9-52)32-25(7-8-37(2,3)67(5,63)64)54-33(32)26(13-20-11-21(42)14-22(43)12-20)53-29(61)17-58-35-31(34(56-58)40(49,50)51)23-15-24(23)39(35,47)48/h11-12,14,19,23-24,26H,9-10,13,15-18,52H2,1-6H3,(H,53,61)/b30-27-/t19-,23+,24?,26+/m1/s1. The van der Waals surface area contributed by atoms with Crippen molar-refractivity contribution in [1.82, 2.24) is 29.3 Å². The van der Waals surface area contributed by atoms with Crippen LogP contribution in [-0.4, -0.2) is 126 Å². The van der Waals surface area contributed by atoms with Gasteiger partial charge in [0.1, 0.15) is 40.9 Å². The molecule has 0 bridgehead atoms. The maximum atomic E-state index is 15.5. The number of hydrazone groups is 1. The first-order chi connectivity index (χ1) is 31.1. The number of sulfonamides is 1. The van der Waals surface area contributed by atoms with Gasteiger partial charge < -0.3 is 16.0 Å². The number of urea groups is 1. The third-order valence-corrected chi connectivity index (χ3v) is 14.6. The first-order valence-corrected chi connectivity index (χ1v) is 24.4. The number of amides is 3. The van der Waals surface area contributed by atoms with E-state index in [2.05, 4.69) is 32.4 Å². The molecule has 15 nitrogen and oxygen atoms in total. The third-order valence-electron chi connectivity index (χ3n) is 11.4. The Balaban J connectivity index is 1.56. The zero-order chi connectivity index (χ0) is 51.0. The van der Waals surface area contributed by atoms with Crippen LogP contribution in [-0.2, 0) is 49.7 Å². The molecule has 3 heterocycles. The van der Waals surface area contributed by atoms with Gasteiger partial charge in [-0.05, 0) is 63.1 Å². The molecule has 0 radical (unpaired) electrons. The van der Waals surface area contributed by atoms with E-state index in [-0.39, 0.29) is 45.2 Å². The fourth-order valence-electron chi connectivity index (χ4n) is 7.94. The number of aliphatic imine (C=N–C) groups is 1. The number of allylic oxidation sites excluding steroid dienone is 2. The highest BCUT2D eigenvalue weighted by molar-refractivity contribution is 7.92. The van der Waals surface area contributed by atoms with E-state index >= 15 is 8.78 Å². The van der Waals surface area contributed by atoms with Gasteiger partial charge in [0, 0.05) is 55.1 Å². The quantitative estimate of drug-likeness (QED) is 0.151. The van der Waals surface area contributed by atoms with Gasteiger partial charge in [-0.25, -0.2) is 35.4 Å². The highest BCUT2D eigenvalue weighted by Gasteiger charge is 2.68. The molecule has 3 N–H and O–H groups in total. The van der Waals surface area contributed by atoms with Crippen molar-refractivity contribution >= 4 is 54.9 Å². The van der Waals surface area contributed by atoms with Gasteiger partial charge in [0.15, 0.2) is 21.4 Å². The van der Waals surface area contributed by atoms with Gasteiger partial charge in [-0.2, -0.15) is 49.6 Å². The molecule has 2 aromatic rings. The monoisotopic (exact) mass is 1030 g/mol. The molecular formula is C40H42ClF10N9O6S2. The number of carbonyl (C=O) groups is 2. The number of sulfone groups is 1. The number of nitrogens with one attached hydrogen (secondary N) is 1. The summed E-state index contributed by atoms with van der Waals surface area (Å²) in [6, 6.07) is -0.866. The molecule has 4 atom stereocenters. The topological polar surface area (TPSA) is 193 Å². The number of benzene rings is 1. The van der Waals surface area contributed by atoms with Crippen LogP contribution in [0.25, 0.3) is 0 Å². The number of alkyl halides is 9. The van der Waals surface area contributed by atoms with Crippen molar-refractivity contribution < 1.29 is 70.3 Å². The maximum absolute atomic E-state index is 15.5. The predicted molar refractivity (Wildman–Crippen MR) is 226 cm³/mol. The molecule has 2 aliphatic carbocycles. The van der Waals surface area contributed by atoms with Crippen molar-refractivity contribution in [2.45, 2.75) is 86.9 Å². The molecule has 1 aromatic heterocycles. The summed E-state index contributed by atoms with van der Waals surface area (Å²) in [6.45, 7) is 0.0401. The van der Waals surface area contributed by atoms with Crippen LogP contribution in [0.5, 0.6) is 0 Å². The number of nitrogens with two attached hydrogens (primary N) is 1. The number of carbonyl (C=O) groups excluding carboxylic acids is 2. The van der Waals surface area contributed by atoms with Crippen molar-refractivity contribution in [1.29, 1.82) is 0 Å². The Hall–Kier alpha value is -5.20. The zero-order valence-corrected chi connectivity index (χ0v) is 39.0. The van der Waals surface area contributed by atoms with Crippen LogP contribution in [0.3, 0.4) is 0 Å². The van der Waals surface area contributed by atoms with E-state index in [9.17, 15) is 61.5 Å². The number of fused-ring (bicyclic) bond motifs is 3. The van der Waals surface area contributed by atoms with Crippen molar-refractivity contribution in [3.8, 4) is 11.8 Å². The fraction of sp³-hybridized carbons (Fsp3) is 0.525. The molecule has 6 rings (SSSR count). The molecule has 3 amide bonds. The van der Waals surface area contributed by atoms with Crippen LogP contribution in [0, 0.1) is 29.4 Å². The van der Waals surface area contributed by atoms with Gasteiger partial charge in [-0.15, -0.1) is 11.6 Å². The van der Waals surface area contributed by atoms with E-state index < -0.39 is 156 Å². The minimum atomic E-state index is -5.20. The van der Waals surface area contributed by atoms with Gasteiger partial charge in [-0.3, -0.25) is 14.5 Å². The Kier molecular flexibility index (Phi) is 13.8. The number of amidine groups is 1. The van der Waals surface area contributed by atoms with Gasteiger partial charge in [0.05, 0.1) is 35.5 Å². The molecule has 0 saturated heterocycles. The second-order valence-electron chi connectivity index (χ2n) is 17.1. The minimum absolute atomic E-state index is 0.139. The number of rotatable bonds is 13. The first kappa shape index (κ1) is 52.2. The predicted octanol–water partition coefficient (Wildman–Crippen LogP) is 5.39. The Morgan fingerprint density at radius 1 is 1.06 bits per heavy atom. The molecule has 372 valence electrons. The van der Waals surface area contributed by atoms with Gasteiger partial charge in [0.25, 0.3) is 5.92 Å². The lowest BCUT2D eigenvalue weighted by atomic mass is 9.85. The molecule has 1 saturated carbocycles. The Morgan fingerprint density at radius 2 is 1.68 bits per heavy atom. The largest absolute Gasteiger partial charge is 0.435 e. The van der Waals surface area contributed by atoms with Crippen LogP contribution in [0.15, 0.2) is 50.8 Å². The van der Waals surface area contributed by atoms with Crippen molar-refractivity contribution in [3.63, 3.8) is 0 Å². The number of hydrogen-bond acceptors (Lipinski definition) is 11. The lowest BCUT2D eigenvalue weighted by molar-refractivity contribution is -0.142. The van der Waals surface area contributed by atoms with E-state index in [0.717, 1.165) is 30.3 Å². The molecule has 0 spiro atoms. The lowest BCUT2D eigenvalue weighted by Crippen LogP contribution is -2.48. The van der Waals surface area contributed by atoms with E-state index in [0.29, 0.717) is 17.3 Å². The normalized spacial score (nSPS) is 20.6. The molecule has 1 unspecified atom stereocenters. The van der Waals surface area contributed by atoms with E-state index in [1.54, 1.807) is 0 Å². The van der Waals surface area contributed by atoms with Crippen LogP contribution >= 0.6 is 11.6 Å². The van der Waals surface area contributed by atoms with Crippen molar-refractivity contribution in [3.05, 3.63) is 74.9 Å². The van der Waals surface area contributed by atoms with Crippen LogP contribution < -0.4 is 11.1 Å². The lowest BCUT2D eigenvalue weighted by Gasteiger charge is -2.32. The first-order valence-electron chi connectivity index (χ1n) is 20.2. The van der Waals surface area contributed by atoms with Crippen LogP contribution in [0.2, 0.25) is 0 Å². The van der Waals surface area contributed by atoms with E-state index in [4.69, 9.17) is 17.3 Å². The summed E-state index contributed by atoms with van der Waals surface area (Å²) < 4.78 is 196. The second kappa shape index (κ2) is 18.0. The van der Waals surface area contributed by atoms with Crippen LogP contribution in [0.1, 0.15) is 62.0 Å². The molecule has 1 aromatic carbocycles. The summed E-state index contributed by atoms with van der Waals surface area (Å²) in [5.41, 5.74) is -0.260. The highest BCUT2D eigenvalue weighted by atomic mass is 35.5. The summed E-state index contributed by atoms with van der Waals surface area (Å²) in [6.07, 6.45) is -10.7. The molecule has 28 heteroatoms. The van der Waals surface area contributed by atoms with Crippen molar-refractivity contribution in [2.75, 3.05) is 39.2 Å². The Morgan fingerprint density at radius 3 is 2.21 bits per heavy atom. The number of nitrogens with zero attached hydrogens (tertiary/aromatic N) is 7. The summed E-state index contributed by atoms with van der Waals surface area (Å²) in [4.78, 5) is 32.7. The summed E-state index contributed by atoms with van der Waals surface area (Å²) in [7, 11) is -7.48. The van der Waals surface area contributed by atoms with Gasteiger partial charge in [0.2, 0.25) is 15.9 Å². The average Bonchev–Trinajstić information content (AvgIpc) is 3.64. The van der Waals surface area contributed by atoms with Gasteiger partial charge in [-0.1, -0.05) is 5.92 Å². The summed E-state index contributed by atoms with van der Waals surface area (Å²) >= 11 is 6.76. The minimum Gasteiger partial charge on any atom is -0.346 e. The SMILES string of the molecule is C[C@@H](Cl)/C(C1=C([C@H](Cc2cc(F)cc(F)c2)NC(=O)Cn2nc(C(F)(F)F)c3c2C(F)(F)C2C[C@H]32)N=C1C#CC(C)(C)S(C)(=O)=O)=C1\CC(N(C(=O)N(C)CCN)S(C)(=O)=O)=NN1CC(F)(F)F. The third kappa shape index (κ3) is 10.5. The van der Waals surface area contributed by atoms with E-state index in [1.165, 1.54) is 20.8 Å². The number of likely N-dealkylation sites (N-methyl/N-ethyl adjacent to an activating group) is 1. The molecule has 2 aliphatic heterocycles. The summed E-state index contributed by atoms with van der Waals surface area (Å²) in [5.74, 6) is -5.76. The summed E-state index contributed by atoms with van der Waals surface area (Å²) in [5, 5.41) is 8.46. The molecular weight excluding hydrogens is 992 g/mol. The van der Waals surface area contributed by atoms with Crippen molar-refractivity contribution in [2.24, 2.45) is 21.7 Å². The molecule has 4 aliphatic rings. The zero-order valence-electron chi connectivity index (χ0n) is 36.6. The number of aromatic nitrogens is 2. The Labute approximate surface area is 388 Å². The smallest absolute Gasteiger partial charge is 0.346 e. The molecule has 1 fully saturated rings. The fourth-order valence-corrected chi connectivity index (χ4v) is 9.32. The Bertz CT molecular complexity index is 2850. The highest BCUT2D eigenvalue weighted by Crippen LogP contribution is 2.68. The van der Waals surface area contributed by atoms with E-state index in [1.807, 2.05) is 0 Å². The number of halogens is 11. The van der Waals surface area contributed by atoms with Crippen LogP contribution in [0.4, 0.5) is 48.7 Å².